The summed E-state index contributed by atoms with van der Waals surface area (Å²) in [5.74, 6) is -0.847. The maximum Gasteiger partial charge on any atom is 0.407 e. The first-order valence-electron chi connectivity index (χ1n) is 12.6. The van der Waals surface area contributed by atoms with Crippen LogP contribution in [0, 0.1) is 17.8 Å². The average molecular weight is 477 g/mol. The first-order chi connectivity index (χ1) is 17.0. The van der Waals surface area contributed by atoms with E-state index in [1.54, 1.807) is 0 Å². The van der Waals surface area contributed by atoms with Crippen LogP contribution in [0.3, 0.4) is 0 Å². The normalized spacial score (nSPS) is 21.6. The topological polar surface area (TPSA) is 105 Å². The lowest BCUT2D eigenvalue weighted by molar-refractivity contribution is -0.138. The van der Waals surface area contributed by atoms with Crippen molar-refractivity contribution in [2.45, 2.75) is 50.5 Å². The minimum absolute atomic E-state index is 0.00866. The zero-order valence-electron chi connectivity index (χ0n) is 19.7. The molecule has 0 radical (unpaired) electrons. The molecule has 2 amide bonds. The van der Waals surface area contributed by atoms with Gasteiger partial charge in [0.1, 0.15) is 6.61 Å². The van der Waals surface area contributed by atoms with Crippen LogP contribution < -0.4 is 10.6 Å². The zero-order valence-corrected chi connectivity index (χ0v) is 19.7. The Bertz CT molecular complexity index is 1060. The van der Waals surface area contributed by atoms with E-state index in [1.165, 1.54) is 22.3 Å². The van der Waals surface area contributed by atoms with Crippen LogP contribution in [0.2, 0.25) is 0 Å². The third kappa shape index (κ3) is 5.19. The summed E-state index contributed by atoms with van der Waals surface area (Å²) in [7, 11) is 0. The number of carboxylic acids is 1. The number of aliphatic carboxylic acids is 1. The molecule has 2 aromatic carbocycles. The summed E-state index contributed by atoms with van der Waals surface area (Å²) in [4.78, 5) is 36.4. The minimum atomic E-state index is -0.883. The van der Waals surface area contributed by atoms with Gasteiger partial charge in [0.25, 0.3) is 0 Å². The first-order valence-corrected chi connectivity index (χ1v) is 12.6. The van der Waals surface area contributed by atoms with E-state index < -0.39 is 12.1 Å². The summed E-state index contributed by atoms with van der Waals surface area (Å²) in [6.45, 7) is 0.633. The van der Waals surface area contributed by atoms with E-state index in [0.717, 1.165) is 25.7 Å². The quantitative estimate of drug-likeness (QED) is 0.500. The predicted octanol–water partition coefficient (Wildman–Crippen LogP) is 4.31. The largest absolute Gasteiger partial charge is 0.481 e. The van der Waals surface area contributed by atoms with E-state index in [9.17, 15) is 19.5 Å². The second-order valence-corrected chi connectivity index (χ2v) is 10.1. The van der Waals surface area contributed by atoms with Gasteiger partial charge in [0.15, 0.2) is 0 Å². The monoisotopic (exact) mass is 476 g/mol. The van der Waals surface area contributed by atoms with Crippen LogP contribution in [0.5, 0.6) is 0 Å². The molecule has 3 aliphatic carbocycles. The van der Waals surface area contributed by atoms with Crippen molar-refractivity contribution in [3.05, 3.63) is 59.7 Å². The molecule has 2 aromatic rings. The van der Waals surface area contributed by atoms with Gasteiger partial charge in [-0.05, 0) is 53.4 Å². The van der Waals surface area contributed by atoms with Gasteiger partial charge in [-0.15, -0.1) is 0 Å². The first kappa shape index (κ1) is 23.4. The highest BCUT2D eigenvalue weighted by Gasteiger charge is 2.44. The van der Waals surface area contributed by atoms with Crippen LogP contribution >= 0.6 is 0 Å². The van der Waals surface area contributed by atoms with E-state index in [1.807, 2.05) is 24.3 Å². The highest BCUT2D eigenvalue weighted by molar-refractivity contribution is 5.83. The number of hydrogen-bond acceptors (Lipinski definition) is 4. The van der Waals surface area contributed by atoms with Crippen molar-refractivity contribution in [1.82, 2.24) is 10.6 Å². The third-order valence-electron chi connectivity index (χ3n) is 7.80. The number of hydrogen-bond donors (Lipinski definition) is 3. The van der Waals surface area contributed by atoms with Crippen molar-refractivity contribution >= 4 is 18.0 Å². The van der Waals surface area contributed by atoms with Gasteiger partial charge in [0.05, 0.1) is 6.42 Å². The summed E-state index contributed by atoms with van der Waals surface area (Å²) in [6.07, 6.45) is 4.30. The number of benzene rings is 2. The molecule has 2 saturated carbocycles. The average Bonchev–Trinajstić information content (AvgIpc) is 3.29. The Morgan fingerprint density at radius 1 is 0.971 bits per heavy atom. The third-order valence-corrected chi connectivity index (χ3v) is 7.80. The molecule has 0 heterocycles. The van der Waals surface area contributed by atoms with Crippen LogP contribution in [0.15, 0.2) is 48.5 Å². The van der Waals surface area contributed by atoms with Crippen LogP contribution in [-0.2, 0) is 14.3 Å². The molecule has 0 saturated heterocycles. The van der Waals surface area contributed by atoms with E-state index in [2.05, 4.69) is 34.9 Å². The fraction of sp³-hybridized carbons (Fsp3) is 0.464. The molecule has 5 rings (SSSR count). The van der Waals surface area contributed by atoms with Crippen molar-refractivity contribution in [2.75, 3.05) is 13.2 Å². The SMILES string of the molecule is O=C(O)CC(NC(=O)C1CC1CNC(=O)OCC1c2ccccc2-c2ccccc21)C1CCCC1. The molecule has 0 bridgehead atoms. The molecule has 0 spiro atoms. The molecular weight excluding hydrogens is 444 g/mol. The second kappa shape index (κ2) is 10.1. The molecule has 184 valence electrons. The number of ether oxygens (including phenoxy) is 1. The van der Waals surface area contributed by atoms with Crippen LogP contribution in [0.4, 0.5) is 4.79 Å². The maximum absolute atomic E-state index is 12.7. The van der Waals surface area contributed by atoms with Crippen molar-refractivity contribution in [3.8, 4) is 11.1 Å². The summed E-state index contributed by atoms with van der Waals surface area (Å²) in [6, 6.07) is 16.1. The molecule has 7 heteroatoms. The standard InChI is InChI=1S/C28H32N2O5/c31-26(32)14-25(17-7-1-2-8-17)30-27(33)23-13-18(23)15-29-28(34)35-16-24-21-11-5-3-9-19(21)20-10-4-6-12-22(20)24/h3-6,9-12,17-18,23-25H,1-2,7-8,13-16H2,(H,29,34)(H,30,33)(H,31,32). The van der Waals surface area contributed by atoms with E-state index in [4.69, 9.17) is 4.74 Å². The Hall–Kier alpha value is -3.35. The Labute approximate surface area is 205 Å². The van der Waals surface area contributed by atoms with Gasteiger partial charge >= 0.3 is 12.1 Å². The number of nitrogens with one attached hydrogen (secondary N) is 2. The maximum atomic E-state index is 12.7. The molecule has 3 N–H and O–H groups in total. The Kier molecular flexibility index (Phi) is 6.75. The van der Waals surface area contributed by atoms with Crippen molar-refractivity contribution < 1.29 is 24.2 Å². The van der Waals surface area contributed by atoms with Crippen LogP contribution in [-0.4, -0.2) is 42.3 Å². The number of amides is 2. The molecule has 35 heavy (non-hydrogen) atoms. The Balaban J connectivity index is 1.09. The number of rotatable bonds is 9. The highest BCUT2D eigenvalue weighted by atomic mass is 16.5. The number of alkyl carbamates (subject to hydrolysis) is 1. The lowest BCUT2D eigenvalue weighted by Crippen LogP contribution is -2.42. The van der Waals surface area contributed by atoms with Crippen molar-refractivity contribution in [2.24, 2.45) is 17.8 Å². The predicted molar refractivity (Wildman–Crippen MR) is 131 cm³/mol. The highest BCUT2D eigenvalue weighted by Crippen LogP contribution is 2.44. The minimum Gasteiger partial charge on any atom is -0.481 e. The van der Waals surface area contributed by atoms with Gasteiger partial charge in [0, 0.05) is 24.4 Å². The molecule has 0 aliphatic heterocycles. The number of carboxylic acid groups (broad SMARTS) is 1. The fourth-order valence-electron chi connectivity index (χ4n) is 5.83. The second-order valence-electron chi connectivity index (χ2n) is 10.1. The molecule has 3 aliphatic rings. The summed E-state index contributed by atoms with van der Waals surface area (Å²) in [5.41, 5.74) is 4.70. The molecule has 3 unspecified atom stereocenters. The van der Waals surface area contributed by atoms with Crippen molar-refractivity contribution in [3.63, 3.8) is 0 Å². The lowest BCUT2D eigenvalue weighted by Gasteiger charge is -2.23. The van der Waals surface area contributed by atoms with Gasteiger partial charge in [-0.25, -0.2) is 4.79 Å². The van der Waals surface area contributed by atoms with E-state index >= 15 is 0 Å². The molecule has 2 fully saturated rings. The van der Waals surface area contributed by atoms with Crippen molar-refractivity contribution in [1.29, 1.82) is 0 Å². The number of fused-ring (bicyclic) bond motifs is 3. The lowest BCUT2D eigenvalue weighted by atomic mass is 9.95. The zero-order chi connectivity index (χ0) is 24.4. The smallest absolute Gasteiger partial charge is 0.407 e. The Morgan fingerprint density at radius 3 is 2.23 bits per heavy atom. The molecule has 3 atom stereocenters. The Morgan fingerprint density at radius 2 is 1.60 bits per heavy atom. The van der Waals surface area contributed by atoms with Gasteiger partial charge in [-0.1, -0.05) is 61.4 Å². The molecule has 0 aromatic heterocycles. The summed E-state index contributed by atoms with van der Waals surface area (Å²) in [5, 5.41) is 15.0. The molecular formula is C28H32N2O5. The number of carbonyl (C=O) groups is 3. The van der Waals surface area contributed by atoms with Gasteiger partial charge < -0.3 is 20.5 Å². The van der Waals surface area contributed by atoms with Gasteiger partial charge in [-0.2, -0.15) is 0 Å². The van der Waals surface area contributed by atoms with Crippen LogP contribution in [0.25, 0.3) is 11.1 Å². The van der Waals surface area contributed by atoms with Gasteiger partial charge in [0.2, 0.25) is 5.91 Å². The molecule has 7 nitrogen and oxygen atoms in total. The van der Waals surface area contributed by atoms with Crippen LogP contribution in [0.1, 0.15) is 55.6 Å². The summed E-state index contributed by atoms with van der Waals surface area (Å²) < 4.78 is 5.57. The summed E-state index contributed by atoms with van der Waals surface area (Å²) >= 11 is 0. The van der Waals surface area contributed by atoms with E-state index in [0.29, 0.717) is 13.0 Å². The number of carbonyl (C=O) groups excluding carboxylic acids is 2. The fourth-order valence-corrected chi connectivity index (χ4v) is 5.83. The van der Waals surface area contributed by atoms with E-state index in [-0.39, 0.29) is 48.6 Å². The van der Waals surface area contributed by atoms with Gasteiger partial charge in [-0.3, -0.25) is 9.59 Å².